The molecule has 6 heteroatoms. The lowest BCUT2D eigenvalue weighted by Crippen LogP contribution is -2.38. The van der Waals surface area contributed by atoms with Crippen molar-refractivity contribution in [2.75, 3.05) is 13.3 Å². The van der Waals surface area contributed by atoms with E-state index in [9.17, 15) is 9.59 Å². The molecule has 0 aromatic heterocycles. The van der Waals surface area contributed by atoms with Crippen molar-refractivity contribution in [2.45, 2.75) is 32.3 Å². The number of carbonyl (C=O) groups is 2. The largest absolute Gasteiger partial charge is 0.454 e. The number of benzene rings is 2. The summed E-state index contributed by atoms with van der Waals surface area (Å²) < 4.78 is 15.7. The molecule has 0 fully saturated rings. The Hall–Kier alpha value is -3.02. The Morgan fingerprint density at radius 2 is 1.85 bits per heavy atom. The zero-order valence-corrected chi connectivity index (χ0v) is 15.4. The molecule has 1 amide bonds. The monoisotopic (exact) mass is 369 g/mol. The van der Waals surface area contributed by atoms with Crippen molar-refractivity contribution in [2.24, 2.45) is 0 Å². The third kappa shape index (κ3) is 4.58. The molecule has 0 bridgehead atoms. The Morgan fingerprint density at radius 1 is 1.11 bits per heavy atom. The van der Waals surface area contributed by atoms with Gasteiger partial charge in [-0.25, -0.2) is 4.79 Å². The predicted octanol–water partition coefficient (Wildman–Crippen LogP) is 3.27. The molecule has 0 spiro atoms. The number of rotatable bonds is 7. The summed E-state index contributed by atoms with van der Waals surface area (Å²) in [6, 6.07) is 14.8. The van der Waals surface area contributed by atoms with E-state index in [0.717, 1.165) is 6.42 Å². The minimum absolute atomic E-state index is 0.132. The van der Waals surface area contributed by atoms with E-state index in [4.69, 9.17) is 14.2 Å². The smallest absolute Gasteiger partial charge is 0.339 e. The first kappa shape index (κ1) is 18.8. The molecular formula is C21H23NO5. The number of hydrogen-bond donors (Lipinski definition) is 1. The average Bonchev–Trinajstić information content (AvgIpc) is 3.16. The van der Waals surface area contributed by atoms with Crippen LogP contribution in [0, 0.1) is 0 Å². The quantitative estimate of drug-likeness (QED) is 0.758. The van der Waals surface area contributed by atoms with E-state index in [1.54, 1.807) is 25.1 Å². The fraction of sp³-hybridized carbons (Fsp3) is 0.333. The lowest BCUT2D eigenvalue weighted by Gasteiger charge is -2.18. The van der Waals surface area contributed by atoms with Crippen LogP contribution < -0.4 is 14.8 Å². The zero-order chi connectivity index (χ0) is 19.2. The molecule has 0 aliphatic carbocycles. The SMILES string of the molecule is CC[C@@H](CNC(=O)[C@@H](C)OC(=O)c1ccc2c(c1)OCO2)c1ccccc1. The number of fused-ring (bicyclic) bond motifs is 1. The summed E-state index contributed by atoms with van der Waals surface area (Å²) in [5, 5.41) is 2.87. The van der Waals surface area contributed by atoms with Crippen LogP contribution in [0.2, 0.25) is 0 Å². The number of nitrogens with one attached hydrogen (secondary N) is 1. The lowest BCUT2D eigenvalue weighted by molar-refractivity contribution is -0.129. The fourth-order valence-corrected chi connectivity index (χ4v) is 2.90. The van der Waals surface area contributed by atoms with Gasteiger partial charge in [0.05, 0.1) is 5.56 Å². The van der Waals surface area contributed by atoms with Gasteiger partial charge in [0.2, 0.25) is 6.79 Å². The van der Waals surface area contributed by atoms with Gasteiger partial charge in [-0.1, -0.05) is 37.3 Å². The summed E-state index contributed by atoms with van der Waals surface area (Å²) in [5.41, 5.74) is 1.49. The standard InChI is InChI=1S/C21H23NO5/c1-3-15(16-7-5-4-6-8-16)12-22-20(23)14(2)27-21(24)17-9-10-18-19(11-17)26-13-25-18/h4-11,14-15H,3,12-13H2,1-2H3,(H,22,23)/t14-,15+/m1/s1. The van der Waals surface area contributed by atoms with Crippen LogP contribution in [0.1, 0.15) is 42.1 Å². The third-order valence-electron chi connectivity index (χ3n) is 4.55. The molecule has 2 atom stereocenters. The molecule has 2 aromatic carbocycles. The van der Waals surface area contributed by atoms with Gasteiger partial charge < -0.3 is 19.5 Å². The van der Waals surface area contributed by atoms with E-state index in [0.29, 0.717) is 23.6 Å². The molecule has 3 rings (SSSR count). The average molecular weight is 369 g/mol. The van der Waals surface area contributed by atoms with E-state index in [2.05, 4.69) is 12.2 Å². The second-order valence-corrected chi connectivity index (χ2v) is 6.38. The first-order valence-corrected chi connectivity index (χ1v) is 9.01. The van der Waals surface area contributed by atoms with Gasteiger partial charge in [-0.05, 0) is 37.1 Å². The molecule has 0 saturated carbocycles. The minimum atomic E-state index is -0.892. The number of carbonyl (C=O) groups excluding carboxylic acids is 2. The van der Waals surface area contributed by atoms with Crippen LogP contribution in [0.25, 0.3) is 0 Å². The molecule has 1 aliphatic rings. The summed E-state index contributed by atoms with van der Waals surface area (Å²) in [7, 11) is 0. The van der Waals surface area contributed by atoms with Crippen LogP contribution in [0.4, 0.5) is 0 Å². The molecule has 6 nitrogen and oxygen atoms in total. The molecular weight excluding hydrogens is 346 g/mol. The van der Waals surface area contributed by atoms with E-state index < -0.39 is 12.1 Å². The highest BCUT2D eigenvalue weighted by Crippen LogP contribution is 2.32. The van der Waals surface area contributed by atoms with Crippen molar-refractivity contribution >= 4 is 11.9 Å². The Balaban J connectivity index is 1.53. The number of amides is 1. The molecule has 27 heavy (non-hydrogen) atoms. The van der Waals surface area contributed by atoms with Crippen molar-refractivity contribution in [3.63, 3.8) is 0 Å². The third-order valence-corrected chi connectivity index (χ3v) is 4.55. The Bertz CT molecular complexity index is 805. The van der Waals surface area contributed by atoms with E-state index >= 15 is 0 Å². The minimum Gasteiger partial charge on any atom is -0.454 e. The van der Waals surface area contributed by atoms with Crippen LogP contribution in [0.5, 0.6) is 11.5 Å². The van der Waals surface area contributed by atoms with Gasteiger partial charge in [0.15, 0.2) is 17.6 Å². The number of ether oxygens (including phenoxy) is 3. The van der Waals surface area contributed by atoms with Gasteiger partial charge in [0.1, 0.15) is 0 Å². The summed E-state index contributed by atoms with van der Waals surface area (Å²) in [6.45, 7) is 4.26. The molecule has 0 unspecified atom stereocenters. The van der Waals surface area contributed by atoms with E-state index in [1.165, 1.54) is 5.56 Å². The highest BCUT2D eigenvalue weighted by molar-refractivity contribution is 5.92. The van der Waals surface area contributed by atoms with Crippen LogP contribution in [-0.4, -0.2) is 31.3 Å². The molecule has 1 heterocycles. The second-order valence-electron chi connectivity index (χ2n) is 6.38. The highest BCUT2D eigenvalue weighted by Gasteiger charge is 2.22. The first-order chi connectivity index (χ1) is 13.1. The summed E-state index contributed by atoms with van der Waals surface area (Å²) in [4.78, 5) is 24.6. The van der Waals surface area contributed by atoms with E-state index in [1.807, 2.05) is 30.3 Å². The fourth-order valence-electron chi connectivity index (χ4n) is 2.90. The van der Waals surface area contributed by atoms with Crippen LogP contribution >= 0.6 is 0 Å². The summed E-state index contributed by atoms with van der Waals surface area (Å²) >= 11 is 0. The Morgan fingerprint density at radius 3 is 2.59 bits per heavy atom. The highest BCUT2D eigenvalue weighted by atomic mass is 16.7. The van der Waals surface area contributed by atoms with Gasteiger partial charge in [-0.2, -0.15) is 0 Å². The normalized spacial score (nSPS) is 14.3. The van der Waals surface area contributed by atoms with Crippen molar-refractivity contribution in [1.29, 1.82) is 0 Å². The maximum Gasteiger partial charge on any atom is 0.339 e. The molecule has 0 radical (unpaired) electrons. The Kier molecular flexibility index (Phi) is 5.96. The molecule has 2 aromatic rings. The molecule has 0 saturated heterocycles. The second kappa shape index (κ2) is 8.58. The van der Waals surface area contributed by atoms with Gasteiger partial charge in [-0.15, -0.1) is 0 Å². The maximum atomic E-state index is 12.3. The van der Waals surface area contributed by atoms with Crippen LogP contribution in [-0.2, 0) is 9.53 Å². The summed E-state index contributed by atoms with van der Waals surface area (Å²) in [6.07, 6.45) is 0.00607. The maximum absolute atomic E-state index is 12.3. The lowest BCUT2D eigenvalue weighted by atomic mass is 9.96. The van der Waals surface area contributed by atoms with Gasteiger partial charge in [-0.3, -0.25) is 4.79 Å². The first-order valence-electron chi connectivity index (χ1n) is 9.01. The predicted molar refractivity (Wildman–Crippen MR) is 99.9 cm³/mol. The van der Waals surface area contributed by atoms with Crippen molar-refractivity contribution < 1.29 is 23.8 Å². The van der Waals surface area contributed by atoms with E-state index in [-0.39, 0.29) is 18.6 Å². The van der Waals surface area contributed by atoms with Crippen molar-refractivity contribution in [3.05, 3.63) is 59.7 Å². The van der Waals surface area contributed by atoms with Crippen molar-refractivity contribution in [3.8, 4) is 11.5 Å². The van der Waals surface area contributed by atoms with Crippen LogP contribution in [0.15, 0.2) is 48.5 Å². The molecule has 1 N–H and O–H groups in total. The summed E-state index contributed by atoms with van der Waals surface area (Å²) in [5.74, 6) is 0.399. The molecule has 142 valence electrons. The van der Waals surface area contributed by atoms with Gasteiger partial charge >= 0.3 is 5.97 Å². The Labute approximate surface area is 158 Å². The van der Waals surface area contributed by atoms with Crippen LogP contribution in [0.3, 0.4) is 0 Å². The zero-order valence-electron chi connectivity index (χ0n) is 15.4. The van der Waals surface area contributed by atoms with Gasteiger partial charge in [0, 0.05) is 12.5 Å². The number of hydrogen-bond acceptors (Lipinski definition) is 5. The van der Waals surface area contributed by atoms with Gasteiger partial charge in [0.25, 0.3) is 5.91 Å². The van der Waals surface area contributed by atoms with Crippen molar-refractivity contribution in [1.82, 2.24) is 5.32 Å². The topological polar surface area (TPSA) is 73.9 Å². The number of esters is 1. The molecule has 1 aliphatic heterocycles.